The van der Waals surface area contributed by atoms with E-state index in [9.17, 15) is 9.18 Å². The zero-order valence-electron chi connectivity index (χ0n) is 9.78. The van der Waals surface area contributed by atoms with Gasteiger partial charge in [0.15, 0.2) is 0 Å². The number of benzene rings is 1. The van der Waals surface area contributed by atoms with Crippen LogP contribution in [0.2, 0.25) is 0 Å². The van der Waals surface area contributed by atoms with Crippen LogP contribution in [0.1, 0.15) is 19.8 Å². The van der Waals surface area contributed by atoms with Crippen LogP contribution in [0.3, 0.4) is 0 Å². The van der Waals surface area contributed by atoms with Crippen molar-refractivity contribution in [2.24, 2.45) is 11.5 Å². The van der Waals surface area contributed by atoms with Gasteiger partial charge in [0.25, 0.3) is 0 Å². The summed E-state index contributed by atoms with van der Waals surface area (Å²) in [6, 6.07) is 6.32. The van der Waals surface area contributed by atoms with Crippen LogP contribution in [0.15, 0.2) is 29.2 Å². The van der Waals surface area contributed by atoms with Gasteiger partial charge in [0.1, 0.15) is 5.82 Å². The van der Waals surface area contributed by atoms with Gasteiger partial charge < -0.3 is 11.5 Å². The van der Waals surface area contributed by atoms with Crippen LogP contribution < -0.4 is 11.5 Å². The highest BCUT2D eigenvalue weighted by molar-refractivity contribution is 7.99. The van der Waals surface area contributed by atoms with Crippen molar-refractivity contribution in [3.63, 3.8) is 0 Å². The largest absolute Gasteiger partial charge is 0.368 e. The van der Waals surface area contributed by atoms with E-state index in [-0.39, 0.29) is 5.82 Å². The zero-order valence-corrected chi connectivity index (χ0v) is 10.6. The first kappa shape index (κ1) is 14.0. The van der Waals surface area contributed by atoms with Gasteiger partial charge in [0, 0.05) is 4.90 Å². The molecular weight excluding hydrogens is 239 g/mol. The SMILES string of the molecule is CC(N)(CCCSc1ccc(F)cc1)C(N)=O. The van der Waals surface area contributed by atoms with Crippen LogP contribution in [-0.2, 0) is 4.79 Å². The van der Waals surface area contributed by atoms with E-state index in [4.69, 9.17) is 11.5 Å². The molecule has 1 aromatic carbocycles. The third-order valence-electron chi connectivity index (χ3n) is 2.49. The average molecular weight is 256 g/mol. The minimum atomic E-state index is -0.941. The zero-order chi connectivity index (χ0) is 12.9. The van der Waals surface area contributed by atoms with E-state index in [1.807, 2.05) is 0 Å². The van der Waals surface area contributed by atoms with Crippen molar-refractivity contribution in [3.05, 3.63) is 30.1 Å². The van der Waals surface area contributed by atoms with Gasteiger partial charge in [-0.1, -0.05) is 0 Å². The molecule has 1 amide bonds. The maximum atomic E-state index is 12.6. The maximum Gasteiger partial charge on any atom is 0.237 e. The van der Waals surface area contributed by atoms with Crippen LogP contribution in [0, 0.1) is 5.82 Å². The summed E-state index contributed by atoms with van der Waals surface area (Å²) in [5.41, 5.74) is 9.95. The molecule has 4 N–H and O–H groups in total. The lowest BCUT2D eigenvalue weighted by atomic mass is 9.97. The van der Waals surface area contributed by atoms with Gasteiger partial charge in [-0.3, -0.25) is 4.79 Å². The Balaban J connectivity index is 2.29. The molecular formula is C12H17FN2OS. The molecule has 0 aromatic heterocycles. The Kier molecular flexibility index (Phi) is 4.96. The second-order valence-corrected chi connectivity index (χ2v) is 5.36. The molecule has 0 heterocycles. The molecule has 1 rings (SSSR count). The first-order valence-electron chi connectivity index (χ1n) is 5.39. The van der Waals surface area contributed by atoms with Crippen molar-refractivity contribution >= 4 is 17.7 Å². The molecule has 5 heteroatoms. The van der Waals surface area contributed by atoms with E-state index in [2.05, 4.69) is 0 Å². The molecule has 3 nitrogen and oxygen atoms in total. The lowest BCUT2D eigenvalue weighted by Crippen LogP contribution is -2.49. The third kappa shape index (κ3) is 4.75. The number of nitrogens with two attached hydrogens (primary N) is 2. The van der Waals surface area contributed by atoms with E-state index in [1.165, 1.54) is 12.1 Å². The number of amides is 1. The molecule has 17 heavy (non-hydrogen) atoms. The van der Waals surface area contributed by atoms with Crippen molar-refractivity contribution in [2.75, 3.05) is 5.75 Å². The highest BCUT2D eigenvalue weighted by Gasteiger charge is 2.24. The van der Waals surface area contributed by atoms with Crippen LogP contribution in [0.4, 0.5) is 4.39 Å². The van der Waals surface area contributed by atoms with Crippen LogP contribution >= 0.6 is 11.8 Å². The van der Waals surface area contributed by atoms with Crippen molar-refractivity contribution in [1.29, 1.82) is 0 Å². The summed E-state index contributed by atoms with van der Waals surface area (Å²) in [5.74, 6) is 0.105. The minimum Gasteiger partial charge on any atom is -0.368 e. The number of hydrogen-bond donors (Lipinski definition) is 2. The van der Waals surface area contributed by atoms with Gasteiger partial charge in [-0.05, 0) is 49.8 Å². The number of primary amides is 1. The van der Waals surface area contributed by atoms with Gasteiger partial charge in [0.05, 0.1) is 5.54 Å². The summed E-state index contributed by atoms with van der Waals surface area (Å²) in [5, 5.41) is 0. The first-order valence-corrected chi connectivity index (χ1v) is 6.37. The van der Waals surface area contributed by atoms with Gasteiger partial charge >= 0.3 is 0 Å². The summed E-state index contributed by atoms with van der Waals surface area (Å²) in [6.45, 7) is 1.64. The Labute approximate surface area is 105 Å². The van der Waals surface area contributed by atoms with Gasteiger partial charge in [-0.2, -0.15) is 0 Å². The molecule has 0 saturated carbocycles. The molecule has 1 atom stereocenters. The molecule has 0 aliphatic heterocycles. The Morgan fingerprint density at radius 3 is 2.53 bits per heavy atom. The fraction of sp³-hybridized carbons (Fsp3) is 0.417. The maximum absolute atomic E-state index is 12.6. The second kappa shape index (κ2) is 6.02. The van der Waals surface area contributed by atoms with Crippen molar-refractivity contribution in [1.82, 2.24) is 0 Å². The van der Waals surface area contributed by atoms with E-state index in [0.29, 0.717) is 6.42 Å². The summed E-state index contributed by atoms with van der Waals surface area (Å²) in [4.78, 5) is 12.0. The predicted molar refractivity (Wildman–Crippen MR) is 68.1 cm³/mol. The average Bonchev–Trinajstić information content (AvgIpc) is 2.26. The number of thioether (sulfide) groups is 1. The smallest absolute Gasteiger partial charge is 0.237 e. The van der Waals surface area contributed by atoms with E-state index in [1.54, 1.807) is 30.8 Å². The molecule has 0 bridgehead atoms. The summed E-state index contributed by atoms with van der Waals surface area (Å²) >= 11 is 1.61. The molecule has 1 unspecified atom stereocenters. The van der Waals surface area contributed by atoms with Gasteiger partial charge in [-0.25, -0.2) is 4.39 Å². The van der Waals surface area contributed by atoms with Crippen LogP contribution in [0.5, 0.6) is 0 Å². The van der Waals surface area contributed by atoms with Crippen LogP contribution in [-0.4, -0.2) is 17.2 Å². The number of rotatable bonds is 6. The van der Waals surface area contributed by atoms with E-state index >= 15 is 0 Å². The van der Waals surface area contributed by atoms with Crippen LogP contribution in [0.25, 0.3) is 0 Å². The molecule has 0 aliphatic carbocycles. The van der Waals surface area contributed by atoms with Gasteiger partial charge in [-0.15, -0.1) is 11.8 Å². The summed E-state index contributed by atoms with van der Waals surface area (Å²) < 4.78 is 12.6. The number of carbonyl (C=O) groups is 1. The van der Waals surface area contributed by atoms with Crippen molar-refractivity contribution < 1.29 is 9.18 Å². The highest BCUT2D eigenvalue weighted by Crippen LogP contribution is 2.20. The Bertz CT molecular complexity index is 379. The Hall–Kier alpha value is -1.07. The summed E-state index contributed by atoms with van der Waals surface area (Å²) in [7, 11) is 0. The summed E-state index contributed by atoms with van der Waals surface area (Å²) in [6.07, 6.45) is 1.34. The minimum absolute atomic E-state index is 0.238. The third-order valence-corrected chi connectivity index (χ3v) is 3.58. The monoisotopic (exact) mass is 256 g/mol. The van der Waals surface area contributed by atoms with Gasteiger partial charge in [0.2, 0.25) is 5.91 Å². The second-order valence-electron chi connectivity index (χ2n) is 4.19. The molecule has 1 aromatic rings. The molecule has 94 valence electrons. The molecule has 0 fully saturated rings. The Morgan fingerprint density at radius 1 is 1.41 bits per heavy atom. The molecule has 0 radical (unpaired) electrons. The fourth-order valence-electron chi connectivity index (χ4n) is 1.28. The molecule has 0 aliphatic rings. The van der Waals surface area contributed by atoms with Crippen molar-refractivity contribution in [2.45, 2.75) is 30.2 Å². The molecule has 0 saturated heterocycles. The first-order chi connectivity index (χ1) is 7.92. The lowest BCUT2D eigenvalue weighted by Gasteiger charge is -2.19. The van der Waals surface area contributed by atoms with E-state index in [0.717, 1.165) is 17.1 Å². The van der Waals surface area contributed by atoms with E-state index < -0.39 is 11.4 Å². The topological polar surface area (TPSA) is 69.1 Å². The van der Waals surface area contributed by atoms with Crippen molar-refractivity contribution in [3.8, 4) is 0 Å². The quantitative estimate of drug-likeness (QED) is 0.603. The predicted octanol–water partition coefficient (Wildman–Crippen LogP) is 1.90. The number of halogens is 1. The normalized spacial score (nSPS) is 14.3. The fourth-order valence-corrected chi connectivity index (χ4v) is 2.14. The Morgan fingerprint density at radius 2 is 2.00 bits per heavy atom. The number of carbonyl (C=O) groups excluding carboxylic acids is 1. The number of hydrogen-bond acceptors (Lipinski definition) is 3. The lowest BCUT2D eigenvalue weighted by molar-refractivity contribution is -0.122. The standard InChI is InChI=1S/C12H17FN2OS/c1-12(15,11(14)16)7-2-8-17-10-5-3-9(13)4-6-10/h3-6H,2,7-8,15H2,1H3,(H2,14,16). The molecule has 0 spiro atoms. The highest BCUT2D eigenvalue weighted by atomic mass is 32.2.